The van der Waals surface area contributed by atoms with Gasteiger partial charge >= 0.3 is 0 Å². The topological polar surface area (TPSA) is 33.1 Å². The Labute approximate surface area is 72.6 Å². The van der Waals surface area contributed by atoms with Crippen LogP contribution in [0.15, 0.2) is 30.6 Å². The summed E-state index contributed by atoms with van der Waals surface area (Å²) >= 11 is 0. The van der Waals surface area contributed by atoms with Crippen LogP contribution in [-0.2, 0) is 0 Å². The van der Waals surface area contributed by atoms with Crippen LogP contribution in [0.1, 0.15) is 18.9 Å². The van der Waals surface area contributed by atoms with Gasteiger partial charge in [0, 0.05) is 12.4 Å². The van der Waals surface area contributed by atoms with Crippen LogP contribution in [0.3, 0.4) is 0 Å². The first-order valence-corrected chi connectivity index (χ1v) is 4.03. The third kappa shape index (κ3) is 3.30. The van der Waals surface area contributed by atoms with Crippen LogP contribution in [0.4, 0.5) is 0 Å². The molecule has 0 bridgehead atoms. The van der Waals surface area contributed by atoms with Crippen LogP contribution >= 0.6 is 0 Å². The average Bonchev–Trinajstić information content (AvgIpc) is 2.05. The van der Waals surface area contributed by atoms with Gasteiger partial charge in [-0.25, -0.2) is 0 Å². The maximum atomic E-state index is 8.96. The molecule has 12 heavy (non-hydrogen) atoms. The highest BCUT2D eigenvalue weighted by molar-refractivity contribution is 5.47. The van der Waals surface area contributed by atoms with Crippen LogP contribution in [0.25, 0.3) is 6.08 Å². The van der Waals surface area contributed by atoms with E-state index < -0.39 is 0 Å². The van der Waals surface area contributed by atoms with E-state index in [1.807, 2.05) is 24.3 Å². The van der Waals surface area contributed by atoms with Crippen molar-refractivity contribution in [2.75, 3.05) is 0 Å². The van der Waals surface area contributed by atoms with Gasteiger partial charge in [-0.15, -0.1) is 0 Å². The molecule has 0 amide bonds. The number of aliphatic hydroxyl groups is 1. The highest BCUT2D eigenvalue weighted by Crippen LogP contribution is 2.00. The highest BCUT2D eigenvalue weighted by Gasteiger charge is 1.89. The summed E-state index contributed by atoms with van der Waals surface area (Å²) in [6.07, 6.45) is 7.86. The fourth-order valence-corrected chi connectivity index (χ4v) is 0.876. The van der Waals surface area contributed by atoms with Crippen molar-refractivity contribution < 1.29 is 5.11 Å². The number of nitrogens with zero attached hydrogens (tertiary/aromatic N) is 1. The van der Waals surface area contributed by atoms with Gasteiger partial charge in [0.25, 0.3) is 0 Å². The van der Waals surface area contributed by atoms with Gasteiger partial charge in [-0.05, 0) is 25.0 Å². The third-order valence-corrected chi connectivity index (χ3v) is 1.47. The summed E-state index contributed by atoms with van der Waals surface area (Å²) in [5.74, 6) is 0. The van der Waals surface area contributed by atoms with Gasteiger partial charge in [0.1, 0.15) is 0 Å². The normalized spacial score (nSPS) is 13.5. The lowest BCUT2D eigenvalue weighted by Crippen LogP contribution is -1.95. The number of hydrogen-bond donors (Lipinski definition) is 1. The van der Waals surface area contributed by atoms with Crippen molar-refractivity contribution in [3.63, 3.8) is 0 Å². The maximum absolute atomic E-state index is 8.96. The first kappa shape index (κ1) is 8.94. The smallest absolute Gasteiger partial charge is 0.0546 e. The Hall–Kier alpha value is -1.15. The molecule has 1 aromatic heterocycles. The number of hydrogen-bond acceptors (Lipinski definition) is 2. The molecule has 1 N–H and O–H groups in total. The second-order valence-corrected chi connectivity index (χ2v) is 2.77. The van der Waals surface area contributed by atoms with E-state index in [-0.39, 0.29) is 6.10 Å². The van der Waals surface area contributed by atoms with Gasteiger partial charge in [-0.1, -0.05) is 18.2 Å². The molecule has 0 aliphatic rings. The second kappa shape index (κ2) is 4.67. The van der Waals surface area contributed by atoms with E-state index in [1.54, 1.807) is 19.3 Å². The molecule has 0 aliphatic carbocycles. The van der Waals surface area contributed by atoms with Gasteiger partial charge in [0.05, 0.1) is 6.10 Å². The highest BCUT2D eigenvalue weighted by atomic mass is 16.3. The van der Waals surface area contributed by atoms with Gasteiger partial charge in [0.2, 0.25) is 0 Å². The number of pyridine rings is 1. The number of aromatic nitrogens is 1. The minimum Gasteiger partial charge on any atom is -0.393 e. The summed E-state index contributed by atoms with van der Waals surface area (Å²) in [7, 11) is 0. The molecule has 1 heterocycles. The lowest BCUT2D eigenvalue weighted by Gasteiger charge is -1.96. The minimum atomic E-state index is -0.266. The molecule has 2 nitrogen and oxygen atoms in total. The molecule has 0 saturated carbocycles. The molecule has 1 atom stereocenters. The van der Waals surface area contributed by atoms with E-state index in [0.717, 1.165) is 5.56 Å². The average molecular weight is 163 g/mol. The van der Waals surface area contributed by atoms with Crippen molar-refractivity contribution in [2.45, 2.75) is 19.4 Å². The van der Waals surface area contributed by atoms with Crippen molar-refractivity contribution in [1.82, 2.24) is 4.98 Å². The summed E-state index contributed by atoms with van der Waals surface area (Å²) < 4.78 is 0. The van der Waals surface area contributed by atoms with E-state index in [4.69, 9.17) is 5.11 Å². The van der Waals surface area contributed by atoms with Gasteiger partial charge in [-0.2, -0.15) is 0 Å². The largest absolute Gasteiger partial charge is 0.393 e. The van der Waals surface area contributed by atoms with Crippen molar-refractivity contribution in [1.29, 1.82) is 0 Å². The Morgan fingerprint density at radius 2 is 2.50 bits per heavy atom. The fourth-order valence-electron chi connectivity index (χ4n) is 0.876. The Morgan fingerprint density at radius 1 is 1.67 bits per heavy atom. The van der Waals surface area contributed by atoms with Crippen molar-refractivity contribution in [3.8, 4) is 0 Å². The van der Waals surface area contributed by atoms with E-state index in [2.05, 4.69) is 4.98 Å². The van der Waals surface area contributed by atoms with Crippen LogP contribution in [-0.4, -0.2) is 16.2 Å². The molecule has 0 radical (unpaired) electrons. The van der Waals surface area contributed by atoms with Crippen LogP contribution in [0.5, 0.6) is 0 Å². The van der Waals surface area contributed by atoms with E-state index in [0.29, 0.717) is 6.42 Å². The van der Waals surface area contributed by atoms with E-state index in [1.165, 1.54) is 0 Å². The van der Waals surface area contributed by atoms with Crippen LogP contribution < -0.4 is 0 Å². The molecule has 0 fully saturated rings. The van der Waals surface area contributed by atoms with Gasteiger partial charge in [0.15, 0.2) is 0 Å². The zero-order chi connectivity index (χ0) is 8.81. The maximum Gasteiger partial charge on any atom is 0.0546 e. The lowest BCUT2D eigenvalue weighted by atomic mass is 10.2. The molecule has 0 aromatic carbocycles. The van der Waals surface area contributed by atoms with Gasteiger partial charge < -0.3 is 5.11 Å². The fraction of sp³-hybridized carbons (Fsp3) is 0.300. The summed E-state index contributed by atoms with van der Waals surface area (Å²) in [5, 5.41) is 8.96. The molecular weight excluding hydrogens is 150 g/mol. The van der Waals surface area contributed by atoms with Crippen LogP contribution in [0, 0.1) is 0 Å². The molecular formula is C10H13NO. The molecule has 1 aromatic rings. The molecule has 0 unspecified atom stereocenters. The summed E-state index contributed by atoms with van der Waals surface area (Å²) in [6, 6.07) is 3.87. The van der Waals surface area contributed by atoms with Crippen molar-refractivity contribution in [2.24, 2.45) is 0 Å². The van der Waals surface area contributed by atoms with Crippen molar-refractivity contribution in [3.05, 3.63) is 36.2 Å². The Balaban J connectivity index is 2.47. The minimum absolute atomic E-state index is 0.266. The number of aliphatic hydroxyl groups excluding tert-OH is 1. The second-order valence-electron chi connectivity index (χ2n) is 2.77. The summed E-state index contributed by atoms with van der Waals surface area (Å²) in [6.45, 7) is 1.77. The molecule has 1 rings (SSSR count). The monoisotopic (exact) mass is 163 g/mol. The Morgan fingerprint density at radius 3 is 3.08 bits per heavy atom. The predicted molar refractivity (Wildman–Crippen MR) is 49.6 cm³/mol. The summed E-state index contributed by atoms with van der Waals surface area (Å²) in [4.78, 5) is 3.97. The standard InChI is InChI=1S/C10H13NO/c1-9(12)4-2-5-10-6-3-7-11-8-10/h2-3,5-9,12H,4H2,1H3/t9-/m0/s1. The Bertz CT molecular complexity index is 241. The summed E-state index contributed by atoms with van der Waals surface area (Å²) in [5.41, 5.74) is 1.07. The SMILES string of the molecule is C[C@H](O)CC=Cc1cccnc1. The quantitative estimate of drug-likeness (QED) is 0.737. The first-order chi connectivity index (χ1) is 5.79. The van der Waals surface area contributed by atoms with E-state index in [9.17, 15) is 0 Å². The first-order valence-electron chi connectivity index (χ1n) is 4.03. The third-order valence-electron chi connectivity index (χ3n) is 1.47. The van der Waals surface area contributed by atoms with Crippen molar-refractivity contribution >= 4 is 6.08 Å². The molecule has 0 aliphatic heterocycles. The molecule has 0 saturated heterocycles. The van der Waals surface area contributed by atoms with Gasteiger partial charge in [-0.3, -0.25) is 4.98 Å². The molecule has 0 spiro atoms. The lowest BCUT2D eigenvalue weighted by molar-refractivity contribution is 0.199. The molecule has 64 valence electrons. The molecule has 2 heteroatoms. The van der Waals surface area contributed by atoms with E-state index >= 15 is 0 Å². The zero-order valence-electron chi connectivity index (χ0n) is 7.14. The number of rotatable bonds is 3. The Kier molecular flexibility index (Phi) is 3.48. The zero-order valence-corrected chi connectivity index (χ0v) is 7.14. The predicted octanol–water partition coefficient (Wildman–Crippen LogP) is 1.87. The van der Waals surface area contributed by atoms with Crippen LogP contribution in [0.2, 0.25) is 0 Å².